The number of carbonyl (C=O) groups excluding carboxylic acids is 2. The van der Waals surface area contributed by atoms with Crippen LogP contribution in [0.2, 0.25) is 0 Å². The standard InChI is InChI=1S/2C7H8.C4H2O3/c2*1-7-5-3-2-4-6-7;5-3-1-2-4(6)7-3/h2*2-6H,1H3;1-2H. The van der Waals surface area contributed by atoms with E-state index in [4.69, 9.17) is 0 Å². The number of hydrogen-bond acceptors (Lipinski definition) is 3. The molecule has 21 heavy (non-hydrogen) atoms. The molecule has 0 bridgehead atoms. The maximum Gasteiger partial charge on any atom is 0.338 e. The van der Waals surface area contributed by atoms with Crippen molar-refractivity contribution in [3.05, 3.63) is 83.9 Å². The van der Waals surface area contributed by atoms with Crippen LogP contribution in [0.1, 0.15) is 11.1 Å². The number of hydrogen-bond donors (Lipinski definition) is 0. The Morgan fingerprint density at radius 3 is 1.10 bits per heavy atom. The second kappa shape index (κ2) is 9.26. The van der Waals surface area contributed by atoms with Crippen molar-refractivity contribution >= 4 is 11.9 Å². The monoisotopic (exact) mass is 282 g/mol. The van der Waals surface area contributed by atoms with Crippen molar-refractivity contribution in [1.29, 1.82) is 0 Å². The van der Waals surface area contributed by atoms with Crippen LogP contribution in [0.3, 0.4) is 0 Å². The maximum atomic E-state index is 9.92. The molecule has 1 heterocycles. The first kappa shape index (κ1) is 16.4. The molecule has 3 heteroatoms. The Balaban J connectivity index is 0.000000157. The quantitative estimate of drug-likeness (QED) is 0.547. The summed E-state index contributed by atoms with van der Waals surface area (Å²) in [6, 6.07) is 20.5. The van der Waals surface area contributed by atoms with Crippen LogP contribution >= 0.6 is 0 Å². The van der Waals surface area contributed by atoms with Gasteiger partial charge in [0, 0.05) is 12.2 Å². The Kier molecular flexibility index (Phi) is 7.22. The maximum absolute atomic E-state index is 9.92. The van der Waals surface area contributed by atoms with Gasteiger partial charge in [-0.1, -0.05) is 71.8 Å². The highest BCUT2D eigenvalue weighted by atomic mass is 16.6. The van der Waals surface area contributed by atoms with E-state index in [2.05, 4.69) is 42.8 Å². The number of rotatable bonds is 0. The van der Waals surface area contributed by atoms with Crippen LogP contribution in [-0.4, -0.2) is 11.9 Å². The largest absolute Gasteiger partial charge is 0.387 e. The van der Waals surface area contributed by atoms with Crippen molar-refractivity contribution in [3.63, 3.8) is 0 Å². The second-order valence-corrected chi connectivity index (χ2v) is 4.38. The first-order valence-electron chi connectivity index (χ1n) is 6.55. The van der Waals surface area contributed by atoms with Gasteiger partial charge in [0.15, 0.2) is 0 Å². The van der Waals surface area contributed by atoms with Crippen LogP contribution in [0.5, 0.6) is 0 Å². The third-order valence-electron chi connectivity index (χ3n) is 2.44. The van der Waals surface area contributed by atoms with E-state index in [-0.39, 0.29) is 0 Å². The van der Waals surface area contributed by atoms with Gasteiger partial charge < -0.3 is 4.74 Å². The van der Waals surface area contributed by atoms with Crippen molar-refractivity contribution in [3.8, 4) is 0 Å². The van der Waals surface area contributed by atoms with Crippen LogP contribution in [-0.2, 0) is 14.3 Å². The molecular formula is C18H18O3. The number of benzene rings is 2. The van der Waals surface area contributed by atoms with Gasteiger partial charge in [0.25, 0.3) is 0 Å². The average Bonchev–Trinajstić information content (AvgIpc) is 2.85. The van der Waals surface area contributed by atoms with Crippen LogP contribution in [0, 0.1) is 13.8 Å². The van der Waals surface area contributed by atoms with E-state index >= 15 is 0 Å². The minimum atomic E-state index is -0.579. The summed E-state index contributed by atoms with van der Waals surface area (Å²) < 4.78 is 3.97. The van der Waals surface area contributed by atoms with E-state index in [0.717, 1.165) is 12.2 Å². The molecule has 3 nitrogen and oxygen atoms in total. The summed E-state index contributed by atoms with van der Waals surface area (Å²) in [7, 11) is 0. The number of ether oxygens (including phenoxy) is 1. The average molecular weight is 282 g/mol. The highest BCUT2D eigenvalue weighted by Gasteiger charge is 2.10. The molecule has 0 spiro atoms. The van der Waals surface area contributed by atoms with Gasteiger partial charge in [-0.3, -0.25) is 0 Å². The third-order valence-corrected chi connectivity index (χ3v) is 2.44. The van der Waals surface area contributed by atoms with Crippen molar-refractivity contribution < 1.29 is 14.3 Å². The lowest BCUT2D eigenvalue weighted by Gasteiger charge is -1.82. The zero-order chi connectivity index (χ0) is 15.5. The fourth-order valence-electron chi connectivity index (χ4n) is 1.37. The molecule has 3 rings (SSSR count). The van der Waals surface area contributed by atoms with Crippen molar-refractivity contribution in [1.82, 2.24) is 0 Å². The molecule has 0 radical (unpaired) electrons. The molecule has 2 aromatic carbocycles. The van der Waals surface area contributed by atoms with Crippen LogP contribution in [0.15, 0.2) is 72.8 Å². The molecule has 2 aromatic rings. The van der Waals surface area contributed by atoms with Crippen molar-refractivity contribution in [2.45, 2.75) is 13.8 Å². The first-order valence-corrected chi connectivity index (χ1v) is 6.55. The smallest absolute Gasteiger partial charge is 0.338 e. The number of carbonyl (C=O) groups is 2. The predicted octanol–water partition coefficient (Wildman–Crippen LogP) is 3.62. The Labute approximate surface area is 124 Å². The Morgan fingerprint density at radius 2 is 0.952 bits per heavy atom. The number of cyclic esters (lactones) is 2. The summed E-state index contributed by atoms with van der Waals surface area (Å²) in [4.78, 5) is 19.8. The lowest BCUT2D eigenvalue weighted by molar-refractivity contribution is -0.150. The van der Waals surface area contributed by atoms with Crippen molar-refractivity contribution in [2.75, 3.05) is 0 Å². The summed E-state index contributed by atoms with van der Waals surface area (Å²) in [5, 5.41) is 0. The fourth-order valence-corrected chi connectivity index (χ4v) is 1.37. The van der Waals surface area contributed by atoms with Gasteiger partial charge in [0.05, 0.1) is 0 Å². The van der Waals surface area contributed by atoms with E-state index in [1.807, 2.05) is 36.4 Å². The van der Waals surface area contributed by atoms with Crippen LogP contribution in [0.25, 0.3) is 0 Å². The third kappa shape index (κ3) is 8.16. The minimum Gasteiger partial charge on any atom is -0.387 e. The van der Waals surface area contributed by atoms with Gasteiger partial charge >= 0.3 is 11.9 Å². The molecule has 0 saturated carbocycles. The summed E-state index contributed by atoms with van der Waals surface area (Å²) in [6.45, 7) is 4.17. The van der Waals surface area contributed by atoms with Crippen LogP contribution < -0.4 is 0 Å². The first-order chi connectivity index (χ1) is 10.1. The molecule has 0 aliphatic carbocycles. The van der Waals surface area contributed by atoms with Crippen LogP contribution in [0.4, 0.5) is 0 Å². The molecule has 0 saturated heterocycles. The molecule has 0 fully saturated rings. The minimum absolute atomic E-state index is 0.579. The van der Waals surface area contributed by atoms with E-state index < -0.39 is 11.9 Å². The Hall–Kier alpha value is -2.68. The van der Waals surface area contributed by atoms with Crippen molar-refractivity contribution in [2.24, 2.45) is 0 Å². The summed E-state index contributed by atoms with van der Waals surface area (Å²) >= 11 is 0. The van der Waals surface area contributed by atoms with Gasteiger partial charge in [0.1, 0.15) is 0 Å². The van der Waals surface area contributed by atoms with Gasteiger partial charge in [-0.05, 0) is 13.8 Å². The molecule has 1 aliphatic heterocycles. The van der Waals surface area contributed by atoms with E-state index in [1.54, 1.807) is 0 Å². The second-order valence-electron chi connectivity index (χ2n) is 4.38. The molecule has 1 aliphatic rings. The molecular weight excluding hydrogens is 264 g/mol. The SMILES string of the molecule is Cc1ccccc1.Cc1ccccc1.O=C1C=CC(=O)O1. The lowest BCUT2D eigenvalue weighted by atomic mass is 10.2. The Bertz CT molecular complexity index is 533. The molecule has 0 aromatic heterocycles. The van der Waals surface area contributed by atoms with E-state index in [0.29, 0.717) is 0 Å². The normalized spacial score (nSPS) is 11.7. The highest BCUT2D eigenvalue weighted by Crippen LogP contribution is 1.93. The number of aryl methyl sites for hydroxylation is 2. The molecule has 108 valence electrons. The predicted molar refractivity (Wildman–Crippen MR) is 82.6 cm³/mol. The topological polar surface area (TPSA) is 43.4 Å². The molecule has 0 N–H and O–H groups in total. The summed E-state index contributed by atoms with van der Waals surface area (Å²) in [5.74, 6) is -1.16. The fraction of sp³-hybridized carbons (Fsp3) is 0.111. The van der Waals surface area contributed by atoms with Gasteiger partial charge in [0.2, 0.25) is 0 Å². The zero-order valence-electron chi connectivity index (χ0n) is 12.2. The molecule has 0 amide bonds. The van der Waals surface area contributed by atoms with Gasteiger partial charge in [-0.2, -0.15) is 0 Å². The zero-order valence-corrected chi connectivity index (χ0v) is 12.2. The van der Waals surface area contributed by atoms with Gasteiger partial charge in [-0.15, -0.1) is 0 Å². The summed E-state index contributed by atoms with van der Waals surface area (Å²) in [5.41, 5.74) is 2.64. The van der Waals surface area contributed by atoms with Gasteiger partial charge in [-0.25, -0.2) is 9.59 Å². The number of esters is 2. The molecule has 0 atom stereocenters. The highest BCUT2D eigenvalue weighted by molar-refractivity contribution is 6.04. The molecule has 0 unspecified atom stereocenters. The summed E-state index contributed by atoms with van der Waals surface area (Å²) in [6.07, 6.45) is 2.17. The van der Waals surface area contributed by atoms with E-state index in [9.17, 15) is 9.59 Å². The van der Waals surface area contributed by atoms with E-state index in [1.165, 1.54) is 11.1 Å². The lowest BCUT2D eigenvalue weighted by Crippen LogP contribution is -1.96. The Morgan fingerprint density at radius 1 is 0.619 bits per heavy atom.